The van der Waals surface area contributed by atoms with Crippen LogP contribution in [0.2, 0.25) is 0 Å². The van der Waals surface area contributed by atoms with E-state index in [9.17, 15) is 0 Å². The zero-order valence-electron chi connectivity index (χ0n) is 17.5. The summed E-state index contributed by atoms with van der Waals surface area (Å²) in [6.45, 7) is 5.05. The van der Waals surface area contributed by atoms with Crippen LogP contribution in [0.3, 0.4) is 0 Å². The Morgan fingerprint density at radius 1 is 1.03 bits per heavy atom. The number of hydrogen-bond acceptors (Lipinski definition) is 6. The van der Waals surface area contributed by atoms with Crippen molar-refractivity contribution in [2.75, 3.05) is 6.54 Å². The van der Waals surface area contributed by atoms with Crippen LogP contribution in [0.15, 0.2) is 76.3 Å². The van der Waals surface area contributed by atoms with Crippen LogP contribution in [0.25, 0.3) is 22.3 Å². The largest absolute Gasteiger partial charge is 0.460 e. The summed E-state index contributed by atoms with van der Waals surface area (Å²) in [7, 11) is 0. The fourth-order valence-electron chi connectivity index (χ4n) is 3.95. The minimum absolute atomic E-state index is 0.513. The van der Waals surface area contributed by atoms with E-state index < -0.39 is 0 Å². The molecular weight excluding hydrogens is 386 g/mol. The van der Waals surface area contributed by atoms with Crippen molar-refractivity contribution in [2.45, 2.75) is 20.4 Å². The zero-order valence-corrected chi connectivity index (χ0v) is 17.5. The molecule has 1 aromatic carbocycles. The van der Waals surface area contributed by atoms with E-state index in [2.05, 4.69) is 28.1 Å². The van der Waals surface area contributed by atoms with Gasteiger partial charge in [0.1, 0.15) is 17.3 Å². The number of furan rings is 1. The van der Waals surface area contributed by atoms with Gasteiger partial charge in [0.2, 0.25) is 0 Å². The molecule has 5 rings (SSSR count). The van der Waals surface area contributed by atoms with E-state index in [1.165, 1.54) is 0 Å². The van der Waals surface area contributed by atoms with Crippen molar-refractivity contribution in [3.05, 3.63) is 95.3 Å². The Bertz CT molecular complexity index is 1330. The first kappa shape index (κ1) is 19.1. The molecule has 1 aliphatic heterocycles. The molecule has 4 aromatic rings. The molecule has 0 bridgehead atoms. The second-order valence-electron chi connectivity index (χ2n) is 7.75. The Morgan fingerprint density at radius 2 is 1.94 bits per heavy atom. The second-order valence-corrected chi connectivity index (χ2v) is 7.75. The summed E-state index contributed by atoms with van der Waals surface area (Å²) in [6.07, 6.45) is 1.81. The quantitative estimate of drug-likeness (QED) is 0.535. The van der Waals surface area contributed by atoms with E-state index in [4.69, 9.17) is 20.1 Å². The first-order chi connectivity index (χ1) is 15.1. The molecule has 0 atom stereocenters. The Balaban J connectivity index is 1.69. The summed E-state index contributed by atoms with van der Waals surface area (Å²) in [6, 6.07) is 20.2. The van der Waals surface area contributed by atoms with Crippen molar-refractivity contribution in [1.29, 1.82) is 0 Å². The van der Waals surface area contributed by atoms with Crippen LogP contribution in [0, 0.1) is 13.8 Å². The van der Waals surface area contributed by atoms with Gasteiger partial charge in [-0.15, -0.1) is 0 Å². The van der Waals surface area contributed by atoms with Gasteiger partial charge < -0.3 is 15.1 Å². The highest BCUT2D eigenvalue weighted by atomic mass is 16.3. The number of nitrogens with two attached hydrogens (primary N) is 1. The first-order valence-corrected chi connectivity index (χ1v) is 10.2. The maximum Gasteiger partial charge on any atom is 0.154 e. The van der Waals surface area contributed by atoms with Gasteiger partial charge in [-0.3, -0.25) is 9.97 Å². The van der Waals surface area contributed by atoms with Gasteiger partial charge in [-0.1, -0.05) is 18.2 Å². The van der Waals surface area contributed by atoms with E-state index in [0.29, 0.717) is 24.7 Å². The fourth-order valence-corrected chi connectivity index (χ4v) is 3.95. The smallest absolute Gasteiger partial charge is 0.154 e. The molecule has 0 unspecified atom stereocenters. The summed E-state index contributed by atoms with van der Waals surface area (Å²) in [4.78, 5) is 16.1. The van der Waals surface area contributed by atoms with E-state index in [1.807, 2.05) is 56.3 Å². The lowest BCUT2D eigenvalue weighted by Gasteiger charge is -2.31. The molecule has 1 aliphatic rings. The molecule has 31 heavy (non-hydrogen) atoms. The number of fused-ring (bicyclic) bond motifs is 1. The van der Waals surface area contributed by atoms with E-state index in [1.54, 1.807) is 6.20 Å². The molecule has 6 heteroatoms. The van der Waals surface area contributed by atoms with Crippen molar-refractivity contribution in [2.24, 2.45) is 10.7 Å². The van der Waals surface area contributed by atoms with Crippen LogP contribution in [0.5, 0.6) is 0 Å². The number of aryl methyl sites for hydroxylation is 2. The average molecular weight is 409 g/mol. The van der Waals surface area contributed by atoms with Crippen LogP contribution in [0.4, 0.5) is 0 Å². The standard InChI is InChI=1S/C25H23N5O/c1-16-5-3-7-20(28-16)14-30-15-23(26)29-24(22-11-8-17(2)31-22)25(30)19-9-10-21-18(13-19)6-4-12-27-21/h3-13H,14-15H2,1-2H3,(H2,26,29). The number of pyridine rings is 2. The van der Waals surface area contributed by atoms with Crippen molar-refractivity contribution in [3.8, 4) is 0 Å². The maximum atomic E-state index is 6.28. The van der Waals surface area contributed by atoms with E-state index in [0.717, 1.165) is 45.0 Å². The number of hydrogen-bond donors (Lipinski definition) is 1. The SMILES string of the molecule is Cc1cccc(CN2CC(N)=NC(c3ccc(C)o3)=C2c2ccc3ncccc3c2)n1. The number of aliphatic imine (C=N–C) groups is 1. The third kappa shape index (κ3) is 3.80. The molecule has 0 spiro atoms. The number of amidine groups is 1. The van der Waals surface area contributed by atoms with Crippen LogP contribution in [0.1, 0.15) is 28.5 Å². The summed E-state index contributed by atoms with van der Waals surface area (Å²) >= 11 is 0. The molecule has 0 radical (unpaired) electrons. The molecule has 0 aliphatic carbocycles. The van der Waals surface area contributed by atoms with Crippen molar-refractivity contribution in [1.82, 2.24) is 14.9 Å². The molecule has 3 aromatic heterocycles. The predicted octanol–water partition coefficient (Wildman–Crippen LogP) is 4.54. The van der Waals surface area contributed by atoms with Gasteiger partial charge in [-0.05, 0) is 56.3 Å². The Kier molecular flexibility index (Phi) is 4.75. The Morgan fingerprint density at radius 3 is 2.74 bits per heavy atom. The van der Waals surface area contributed by atoms with Crippen LogP contribution in [-0.4, -0.2) is 27.2 Å². The second kappa shape index (κ2) is 7.72. The maximum absolute atomic E-state index is 6.28. The molecule has 4 heterocycles. The topological polar surface area (TPSA) is 80.5 Å². The zero-order chi connectivity index (χ0) is 21.4. The lowest BCUT2D eigenvalue weighted by atomic mass is 10.0. The molecule has 0 amide bonds. The number of nitrogens with zero attached hydrogens (tertiary/aromatic N) is 4. The molecule has 0 saturated heterocycles. The van der Waals surface area contributed by atoms with Gasteiger partial charge in [0.05, 0.1) is 30.0 Å². The molecular formula is C25H23N5O. The lowest BCUT2D eigenvalue weighted by molar-refractivity contribution is 0.430. The summed E-state index contributed by atoms with van der Waals surface area (Å²) < 4.78 is 5.95. The Labute approximate surface area is 180 Å². The van der Waals surface area contributed by atoms with Gasteiger partial charge in [0.15, 0.2) is 5.76 Å². The number of rotatable bonds is 4. The van der Waals surface area contributed by atoms with Crippen LogP contribution >= 0.6 is 0 Å². The lowest BCUT2D eigenvalue weighted by Crippen LogP contribution is -2.36. The molecule has 154 valence electrons. The normalized spacial score (nSPS) is 14.3. The first-order valence-electron chi connectivity index (χ1n) is 10.2. The summed E-state index contributed by atoms with van der Waals surface area (Å²) in [5.41, 5.74) is 11.9. The highest BCUT2D eigenvalue weighted by molar-refractivity contribution is 6.00. The van der Waals surface area contributed by atoms with Gasteiger partial charge in [0, 0.05) is 22.8 Å². The Hall–Kier alpha value is -3.93. The summed E-state index contributed by atoms with van der Waals surface area (Å²) in [5, 5.41) is 1.07. The molecule has 2 N–H and O–H groups in total. The minimum Gasteiger partial charge on any atom is -0.460 e. The van der Waals surface area contributed by atoms with Crippen LogP contribution in [-0.2, 0) is 6.54 Å². The van der Waals surface area contributed by atoms with Crippen molar-refractivity contribution < 1.29 is 4.42 Å². The summed E-state index contributed by atoms with van der Waals surface area (Å²) in [5.74, 6) is 2.07. The van der Waals surface area contributed by atoms with Gasteiger partial charge >= 0.3 is 0 Å². The average Bonchev–Trinajstić information content (AvgIpc) is 3.19. The number of benzene rings is 1. The monoisotopic (exact) mass is 409 g/mol. The van der Waals surface area contributed by atoms with E-state index in [-0.39, 0.29) is 0 Å². The highest BCUT2D eigenvalue weighted by Gasteiger charge is 2.26. The highest BCUT2D eigenvalue weighted by Crippen LogP contribution is 2.35. The van der Waals surface area contributed by atoms with Crippen molar-refractivity contribution >= 4 is 28.1 Å². The minimum atomic E-state index is 0.513. The van der Waals surface area contributed by atoms with Gasteiger partial charge in [-0.2, -0.15) is 0 Å². The molecule has 0 saturated carbocycles. The third-order valence-electron chi connectivity index (χ3n) is 5.30. The van der Waals surface area contributed by atoms with Crippen LogP contribution < -0.4 is 5.73 Å². The predicted molar refractivity (Wildman–Crippen MR) is 123 cm³/mol. The molecule has 6 nitrogen and oxygen atoms in total. The van der Waals surface area contributed by atoms with Gasteiger partial charge in [0.25, 0.3) is 0 Å². The van der Waals surface area contributed by atoms with E-state index >= 15 is 0 Å². The van der Waals surface area contributed by atoms with Crippen molar-refractivity contribution in [3.63, 3.8) is 0 Å². The van der Waals surface area contributed by atoms with Gasteiger partial charge in [-0.25, -0.2) is 4.99 Å². The third-order valence-corrected chi connectivity index (χ3v) is 5.30. The number of aromatic nitrogens is 2. The fraction of sp³-hybridized carbons (Fsp3) is 0.160. The molecule has 0 fully saturated rings.